The van der Waals surface area contributed by atoms with E-state index in [1.807, 2.05) is 0 Å². The van der Waals surface area contributed by atoms with E-state index in [9.17, 15) is 27.5 Å². The minimum absolute atomic E-state index is 0.0655. The zero-order valence-corrected chi connectivity index (χ0v) is 11.0. The first-order valence-corrected chi connectivity index (χ1v) is 5.90. The maximum Gasteiger partial charge on any atom is 0.259 e. The fourth-order valence-corrected chi connectivity index (χ4v) is 1.81. The Bertz CT molecular complexity index is 748. The Morgan fingerprint density at radius 3 is 2.14 bits per heavy atom. The topological polar surface area (TPSA) is 69.6 Å². The molecule has 0 aromatic heterocycles. The molecule has 0 unspecified atom stereocenters. The lowest BCUT2D eigenvalue weighted by Gasteiger charge is -2.11. The van der Waals surface area contributed by atoms with Crippen LogP contribution in [-0.2, 0) is 0 Å². The number of benzene rings is 2. The number of anilines is 1. The first-order valence-electron chi connectivity index (χ1n) is 5.90. The standard InChI is InChI=1S/C14H9F4NO3/c1-5-9(11(16)13(18)12(17)10(5)15)14(22)19-6-2-3-7(20)8(21)4-6/h2-4,20-21H,1H3,(H,19,22). The number of phenolic OH excluding ortho intramolecular Hbond substituents is 2. The predicted octanol–water partition coefficient (Wildman–Crippen LogP) is 3.21. The number of amides is 1. The van der Waals surface area contributed by atoms with Crippen molar-refractivity contribution in [3.63, 3.8) is 0 Å². The summed E-state index contributed by atoms with van der Waals surface area (Å²) in [6.45, 7) is 0.921. The Kier molecular flexibility index (Phi) is 3.94. The third-order valence-corrected chi connectivity index (χ3v) is 2.96. The van der Waals surface area contributed by atoms with Gasteiger partial charge in [0.2, 0.25) is 0 Å². The number of rotatable bonds is 2. The van der Waals surface area contributed by atoms with Crippen LogP contribution < -0.4 is 5.32 Å². The number of nitrogens with one attached hydrogen (secondary N) is 1. The van der Waals surface area contributed by atoms with Gasteiger partial charge in [-0.15, -0.1) is 0 Å². The van der Waals surface area contributed by atoms with Crippen LogP contribution in [0.4, 0.5) is 23.2 Å². The van der Waals surface area contributed by atoms with Crippen LogP contribution in [-0.4, -0.2) is 16.1 Å². The minimum Gasteiger partial charge on any atom is -0.504 e. The number of hydrogen-bond acceptors (Lipinski definition) is 3. The van der Waals surface area contributed by atoms with Crippen molar-refractivity contribution in [2.45, 2.75) is 6.92 Å². The van der Waals surface area contributed by atoms with Crippen LogP contribution in [0.1, 0.15) is 15.9 Å². The Morgan fingerprint density at radius 1 is 0.955 bits per heavy atom. The van der Waals surface area contributed by atoms with Crippen molar-refractivity contribution in [1.29, 1.82) is 0 Å². The monoisotopic (exact) mass is 315 g/mol. The molecule has 0 heterocycles. The lowest BCUT2D eigenvalue weighted by atomic mass is 10.1. The van der Waals surface area contributed by atoms with Gasteiger partial charge >= 0.3 is 0 Å². The second-order valence-corrected chi connectivity index (χ2v) is 4.41. The average Bonchev–Trinajstić information content (AvgIpc) is 2.47. The molecule has 0 aliphatic heterocycles. The van der Waals surface area contributed by atoms with Crippen LogP contribution in [0.2, 0.25) is 0 Å². The van der Waals surface area contributed by atoms with E-state index in [1.54, 1.807) is 0 Å². The minimum atomic E-state index is -2.10. The van der Waals surface area contributed by atoms with E-state index in [0.717, 1.165) is 25.1 Å². The molecule has 116 valence electrons. The normalized spacial score (nSPS) is 10.6. The molecule has 0 radical (unpaired) electrons. The lowest BCUT2D eigenvalue weighted by Crippen LogP contribution is -2.18. The Morgan fingerprint density at radius 2 is 1.55 bits per heavy atom. The van der Waals surface area contributed by atoms with Gasteiger partial charge in [0, 0.05) is 17.3 Å². The summed E-state index contributed by atoms with van der Waals surface area (Å²) < 4.78 is 53.3. The molecular formula is C14H9F4NO3. The highest BCUT2D eigenvalue weighted by Crippen LogP contribution is 2.29. The molecule has 0 saturated carbocycles. The van der Waals surface area contributed by atoms with Crippen molar-refractivity contribution in [3.05, 3.63) is 52.6 Å². The quantitative estimate of drug-likeness (QED) is 0.262. The zero-order chi connectivity index (χ0) is 16.6. The van der Waals surface area contributed by atoms with E-state index in [-0.39, 0.29) is 5.69 Å². The molecule has 3 N–H and O–H groups in total. The van der Waals surface area contributed by atoms with Crippen molar-refractivity contribution < 1.29 is 32.6 Å². The highest BCUT2D eigenvalue weighted by atomic mass is 19.2. The molecule has 0 spiro atoms. The Labute approximate surface area is 121 Å². The van der Waals surface area contributed by atoms with Gasteiger partial charge in [-0.1, -0.05) is 0 Å². The molecule has 0 atom stereocenters. The molecule has 0 aliphatic rings. The fourth-order valence-electron chi connectivity index (χ4n) is 1.81. The Balaban J connectivity index is 2.44. The highest BCUT2D eigenvalue weighted by molar-refractivity contribution is 6.05. The van der Waals surface area contributed by atoms with Gasteiger partial charge in [0.05, 0.1) is 5.56 Å². The molecule has 8 heteroatoms. The van der Waals surface area contributed by atoms with E-state index in [0.29, 0.717) is 0 Å². The number of carbonyl (C=O) groups excluding carboxylic acids is 1. The van der Waals surface area contributed by atoms with E-state index >= 15 is 0 Å². The molecule has 0 saturated heterocycles. The summed E-state index contributed by atoms with van der Waals surface area (Å²) in [4.78, 5) is 11.9. The van der Waals surface area contributed by atoms with Gasteiger partial charge in [0.25, 0.3) is 5.91 Å². The van der Waals surface area contributed by atoms with E-state index < -0.39 is 51.8 Å². The number of halogens is 4. The van der Waals surface area contributed by atoms with Crippen molar-refractivity contribution in [2.75, 3.05) is 5.32 Å². The zero-order valence-electron chi connectivity index (χ0n) is 11.0. The van der Waals surface area contributed by atoms with Crippen molar-refractivity contribution in [3.8, 4) is 11.5 Å². The van der Waals surface area contributed by atoms with Gasteiger partial charge < -0.3 is 15.5 Å². The van der Waals surface area contributed by atoms with Crippen LogP contribution in [0.15, 0.2) is 18.2 Å². The molecule has 0 fully saturated rings. The molecule has 22 heavy (non-hydrogen) atoms. The Hall–Kier alpha value is -2.77. The van der Waals surface area contributed by atoms with Crippen molar-refractivity contribution in [2.24, 2.45) is 0 Å². The molecule has 4 nitrogen and oxygen atoms in total. The van der Waals surface area contributed by atoms with Gasteiger partial charge in [0.1, 0.15) is 0 Å². The van der Waals surface area contributed by atoms with Crippen LogP contribution in [0.3, 0.4) is 0 Å². The largest absolute Gasteiger partial charge is 0.504 e. The van der Waals surface area contributed by atoms with Gasteiger partial charge in [-0.25, -0.2) is 17.6 Å². The molecule has 2 rings (SSSR count). The summed E-state index contributed by atoms with van der Waals surface area (Å²) in [5, 5.41) is 20.5. The summed E-state index contributed by atoms with van der Waals surface area (Å²) in [5.41, 5.74) is -1.76. The number of phenols is 2. The first-order chi connectivity index (χ1) is 10.2. The third-order valence-electron chi connectivity index (χ3n) is 2.96. The molecule has 0 aliphatic carbocycles. The maximum absolute atomic E-state index is 13.7. The van der Waals surface area contributed by atoms with Crippen molar-refractivity contribution >= 4 is 11.6 Å². The van der Waals surface area contributed by atoms with Crippen molar-refractivity contribution in [1.82, 2.24) is 0 Å². The van der Waals surface area contributed by atoms with Crippen LogP contribution in [0.25, 0.3) is 0 Å². The highest BCUT2D eigenvalue weighted by Gasteiger charge is 2.27. The second-order valence-electron chi connectivity index (χ2n) is 4.41. The van der Waals surface area contributed by atoms with Crippen LogP contribution in [0.5, 0.6) is 11.5 Å². The van der Waals surface area contributed by atoms with Gasteiger partial charge in [-0.05, 0) is 19.1 Å². The molecule has 2 aromatic carbocycles. The van der Waals surface area contributed by atoms with Gasteiger partial charge in [-0.3, -0.25) is 4.79 Å². The fraction of sp³-hybridized carbons (Fsp3) is 0.0714. The molecular weight excluding hydrogens is 306 g/mol. The summed E-state index contributed by atoms with van der Waals surface area (Å²) in [7, 11) is 0. The summed E-state index contributed by atoms with van der Waals surface area (Å²) in [6, 6.07) is 3.15. The number of aromatic hydroxyl groups is 2. The van der Waals surface area contributed by atoms with E-state index in [4.69, 9.17) is 5.11 Å². The average molecular weight is 315 g/mol. The molecule has 0 bridgehead atoms. The summed E-state index contributed by atoms with van der Waals surface area (Å²) >= 11 is 0. The van der Waals surface area contributed by atoms with Gasteiger partial charge in [0.15, 0.2) is 34.8 Å². The van der Waals surface area contributed by atoms with Crippen LogP contribution in [0, 0.1) is 30.2 Å². The molecule has 1 amide bonds. The van der Waals surface area contributed by atoms with E-state index in [2.05, 4.69) is 5.32 Å². The summed E-state index contributed by atoms with van der Waals surface area (Å²) in [5.74, 6) is -9.85. The van der Waals surface area contributed by atoms with Crippen LogP contribution >= 0.6 is 0 Å². The number of hydrogen-bond donors (Lipinski definition) is 3. The second kappa shape index (κ2) is 5.55. The predicted molar refractivity (Wildman–Crippen MR) is 68.7 cm³/mol. The van der Waals surface area contributed by atoms with Gasteiger partial charge in [-0.2, -0.15) is 0 Å². The maximum atomic E-state index is 13.7. The first kappa shape index (κ1) is 15.6. The molecule has 2 aromatic rings. The summed E-state index contributed by atoms with van der Waals surface area (Å²) in [6.07, 6.45) is 0. The lowest BCUT2D eigenvalue weighted by molar-refractivity contribution is 0.102. The number of carbonyl (C=O) groups is 1. The third kappa shape index (κ3) is 2.54. The SMILES string of the molecule is Cc1c(F)c(F)c(F)c(F)c1C(=O)Nc1ccc(O)c(O)c1. The van der Waals surface area contributed by atoms with E-state index in [1.165, 1.54) is 0 Å². The smallest absolute Gasteiger partial charge is 0.259 e.